The summed E-state index contributed by atoms with van der Waals surface area (Å²) < 4.78 is 22.1. The maximum atomic E-state index is 12.1. The molecule has 0 radical (unpaired) electrons. The Bertz CT molecular complexity index is 814. The smallest absolute Gasteiger partial charge is 0.249 e. The summed E-state index contributed by atoms with van der Waals surface area (Å²) in [7, 11) is 1.39. The van der Waals surface area contributed by atoms with Crippen LogP contribution >= 0.6 is 0 Å². The second-order valence-corrected chi connectivity index (χ2v) is 9.53. The van der Waals surface area contributed by atoms with Crippen molar-refractivity contribution in [3.63, 3.8) is 0 Å². The van der Waals surface area contributed by atoms with Crippen molar-refractivity contribution in [1.29, 1.82) is 0 Å². The minimum absolute atomic E-state index is 0.122. The van der Waals surface area contributed by atoms with Gasteiger partial charge in [-0.3, -0.25) is 19.2 Å². The average molecular weight is 562 g/mol. The zero-order valence-electron chi connectivity index (χ0n) is 22.8. The highest BCUT2D eigenvalue weighted by Crippen LogP contribution is 2.24. The Morgan fingerprint density at radius 1 is 1.10 bits per heavy atom. The fourth-order valence-electron chi connectivity index (χ4n) is 4.44. The zero-order chi connectivity index (χ0) is 28.9. The summed E-state index contributed by atoms with van der Waals surface area (Å²) in [6.45, 7) is 4.35. The number of ether oxygens (including phenoxy) is 4. The van der Waals surface area contributed by atoms with Gasteiger partial charge in [0.15, 0.2) is 6.29 Å². The molecule has 0 aromatic rings. The van der Waals surface area contributed by atoms with Crippen LogP contribution in [0.15, 0.2) is 0 Å². The predicted octanol–water partition coefficient (Wildman–Crippen LogP) is -2.46. The Kier molecular flexibility index (Phi) is 14.4. The predicted molar refractivity (Wildman–Crippen MR) is 135 cm³/mol. The number of methoxy groups -OCH3 is 1. The third kappa shape index (κ3) is 9.53. The van der Waals surface area contributed by atoms with Gasteiger partial charge in [-0.05, 0) is 26.7 Å². The molecule has 0 aromatic heterocycles. The van der Waals surface area contributed by atoms with Gasteiger partial charge in [0, 0.05) is 52.9 Å². The lowest BCUT2D eigenvalue weighted by atomic mass is 9.85. The van der Waals surface area contributed by atoms with Crippen molar-refractivity contribution >= 4 is 23.4 Å². The van der Waals surface area contributed by atoms with Crippen LogP contribution in [-0.2, 0) is 38.1 Å². The Hall–Kier alpha value is -2.04. The second-order valence-electron chi connectivity index (χ2n) is 9.53. The summed E-state index contributed by atoms with van der Waals surface area (Å²) in [5, 5.41) is 37.6. The number of carbonyl (C=O) groups is 4. The van der Waals surface area contributed by atoms with Gasteiger partial charge in [0.1, 0.15) is 30.5 Å². The number of aliphatic hydroxyl groups is 3. The number of carbonyl (C=O) groups excluding carboxylic acids is 4. The van der Waals surface area contributed by atoms with Crippen LogP contribution < -0.4 is 16.0 Å². The fraction of sp³-hybridized carbons (Fsp3) is 0.840. The van der Waals surface area contributed by atoms with Gasteiger partial charge in [0.05, 0.1) is 12.1 Å². The molecule has 14 nitrogen and oxygen atoms in total. The van der Waals surface area contributed by atoms with Crippen LogP contribution in [0.2, 0.25) is 0 Å². The molecule has 6 N–H and O–H groups in total. The molecule has 0 aromatic carbocycles. The lowest BCUT2D eigenvalue weighted by Gasteiger charge is -2.43. The molecule has 8 atom stereocenters. The molecule has 1 saturated carbocycles. The molecule has 0 bridgehead atoms. The van der Waals surface area contributed by atoms with Crippen molar-refractivity contribution in [2.75, 3.05) is 40.0 Å². The van der Waals surface area contributed by atoms with Crippen LogP contribution in [0, 0.1) is 0 Å². The normalized spacial score (nSPS) is 29.5. The number of aliphatic hydroxyl groups excluding tert-OH is 3. The Labute approximate surface area is 228 Å². The first-order valence-electron chi connectivity index (χ1n) is 13.4. The Morgan fingerprint density at radius 3 is 2.51 bits per heavy atom. The summed E-state index contributed by atoms with van der Waals surface area (Å²) in [5.41, 5.74) is 0. The van der Waals surface area contributed by atoms with Crippen LogP contribution in [0.5, 0.6) is 0 Å². The van der Waals surface area contributed by atoms with Gasteiger partial charge in [0.25, 0.3) is 0 Å². The van der Waals surface area contributed by atoms with Crippen molar-refractivity contribution in [3.8, 4) is 0 Å². The molecule has 0 spiro atoms. The van der Waals surface area contributed by atoms with E-state index in [0.29, 0.717) is 52.0 Å². The summed E-state index contributed by atoms with van der Waals surface area (Å²) >= 11 is 0. The SMILES string of the molecule is CCOC1C(=O)C(=O)C1NCCNC(=O)CCCCCO[C@H]1O[C@H](C)[C@@H](NC(=O)[C@H](O)CCO)[C@H](O)[C@@H]1OC. The van der Waals surface area contributed by atoms with E-state index in [0.717, 1.165) is 0 Å². The number of unbranched alkanes of at least 4 members (excludes halogenated alkanes) is 2. The first kappa shape index (κ1) is 33.2. The van der Waals surface area contributed by atoms with E-state index >= 15 is 0 Å². The van der Waals surface area contributed by atoms with E-state index in [9.17, 15) is 29.4 Å². The topological polar surface area (TPSA) is 202 Å². The van der Waals surface area contributed by atoms with Crippen molar-refractivity contribution in [1.82, 2.24) is 16.0 Å². The molecule has 1 aliphatic heterocycles. The molecule has 1 saturated heterocycles. The first-order chi connectivity index (χ1) is 18.7. The summed E-state index contributed by atoms with van der Waals surface area (Å²) in [5.74, 6) is -1.87. The molecule has 2 unspecified atom stereocenters. The van der Waals surface area contributed by atoms with E-state index in [1.807, 2.05) is 0 Å². The largest absolute Gasteiger partial charge is 0.396 e. The Morgan fingerprint density at radius 2 is 1.85 bits per heavy atom. The first-order valence-corrected chi connectivity index (χ1v) is 13.4. The minimum atomic E-state index is -1.40. The highest BCUT2D eigenvalue weighted by atomic mass is 16.7. The molecule has 2 aliphatic rings. The van der Waals surface area contributed by atoms with Crippen molar-refractivity contribution in [3.05, 3.63) is 0 Å². The Balaban J connectivity index is 1.60. The molecule has 2 rings (SSSR count). The van der Waals surface area contributed by atoms with Crippen LogP contribution in [0.25, 0.3) is 0 Å². The van der Waals surface area contributed by atoms with E-state index in [2.05, 4.69) is 16.0 Å². The molecule has 2 amide bonds. The standard InChI is InChI=1S/C25H43N3O11/c1-4-37-22-18(19(32)21(22)34)27-11-10-26-16(31)8-6-5-7-13-38-25-23(36-3)20(33)17(14(2)39-25)28-24(35)15(30)9-12-29/h14-15,17-18,20,22-23,25,27,29-30,33H,4-13H2,1-3H3,(H,26,31)(H,28,35)/t14-,15-,17-,18?,20+,22?,23+,25+/m1/s1. The van der Waals surface area contributed by atoms with Gasteiger partial charge < -0.3 is 50.2 Å². The second kappa shape index (κ2) is 16.9. The van der Waals surface area contributed by atoms with Crippen LogP contribution in [0.3, 0.4) is 0 Å². The fourth-order valence-corrected chi connectivity index (χ4v) is 4.44. The van der Waals surface area contributed by atoms with E-state index in [1.54, 1.807) is 13.8 Å². The molecule has 14 heteroatoms. The zero-order valence-corrected chi connectivity index (χ0v) is 22.8. The molecule has 39 heavy (non-hydrogen) atoms. The maximum absolute atomic E-state index is 12.1. The van der Waals surface area contributed by atoms with E-state index in [4.69, 9.17) is 24.1 Å². The molecule has 1 aliphatic carbocycles. The van der Waals surface area contributed by atoms with Gasteiger partial charge >= 0.3 is 0 Å². The van der Waals surface area contributed by atoms with Gasteiger partial charge in [-0.25, -0.2) is 0 Å². The van der Waals surface area contributed by atoms with Gasteiger partial charge in [0.2, 0.25) is 23.4 Å². The third-order valence-electron chi connectivity index (χ3n) is 6.69. The number of hydrogen-bond donors (Lipinski definition) is 6. The van der Waals surface area contributed by atoms with E-state index < -0.39 is 66.4 Å². The lowest BCUT2D eigenvalue weighted by molar-refractivity contribution is -0.278. The summed E-state index contributed by atoms with van der Waals surface area (Å²) in [6.07, 6.45) is -3.49. The number of hydrogen-bond acceptors (Lipinski definition) is 12. The van der Waals surface area contributed by atoms with Gasteiger partial charge in [-0.1, -0.05) is 6.42 Å². The third-order valence-corrected chi connectivity index (χ3v) is 6.69. The number of nitrogens with one attached hydrogen (secondary N) is 3. The van der Waals surface area contributed by atoms with Crippen molar-refractivity contribution < 1.29 is 53.4 Å². The van der Waals surface area contributed by atoms with Crippen molar-refractivity contribution in [2.45, 2.75) is 94.8 Å². The monoisotopic (exact) mass is 561 g/mol. The molecular weight excluding hydrogens is 518 g/mol. The minimum Gasteiger partial charge on any atom is -0.396 e. The van der Waals surface area contributed by atoms with E-state index in [-0.39, 0.29) is 18.9 Å². The number of amides is 2. The quantitative estimate of drug-likeness (QED) is 0.0763. The lowest BCUT2D eigenvalue weighted by Crippen LogP contribution is -2.65. The van der Waals surface area contributed by atoms with Crippen LogP contribution in [0.1, 0.15) is 46.0 Å². The van der Waals surface area contributed by atoms with E-state index in [1.165, 1.54) is 7.11 Å². The average Bonchev–Trinajstić information content (AvgIpc) is 2.91. The molecule has 2 fully saturated rings. The number of Topliss-reactive ketones (excluding diaryl/α,β-unsaturated/α-hetero) is 2. The van der Waals surface area contributed by atoms with Crippen molar-refractivity contribution in [2.24, 2.45) is 0 Å². The number of ketones is 2. The highest BCUT2D eigenvalue weighted by Gasteiger charge is 2.49. The molecule has 1 heterocycles. The molecule has 224 valence electrons. The van der Waals surface area contributed by atoms with Crippen LogP contribution in [0.4, 0.5) is 0 Å². The maximum Gasteiger partial charge on any atom is 0.249 e. The number of rotatable bonds is 18. The van der Waals surface area contributed by atoms with Gasteiger partial charge in [-0.2, -0.15) is 0 Å². The molecular formula is C25H43N3O11. The summed E-state index contributed by atoms with van der Waals surface area (Å²) in [4.78, 5) is 47.2. The van der Waals surface area contributed by atoms with Crippen LogP contribution in [-0.4, -0.2) is 128 Å². The highest BCUT2D eigenvalue weighted by molar-refractivity contribution is 6.48. The van der Waals surface area contributed by atoms with Gasteiger partial charge in [-0.15, -0.1) is 0 Å². The summed E-state index contributed by atoms with van der Waals surface area (Å²) in [6, 6.07) is -1.49.